The molecule has 2 heterocycles. The number of nitrogens with one attached hydrogen (secondary N) is 1. The van der Waals surface area contributed by atoms with Crippen LogP contribution in [-0.4, -0.2) is 54.7 Å². The second-order valence-corrected chi connectivity index (χ2v) is 8.57. The first-order valence-electron chi connectivity index (χ1n) is 8.94. The Morgan fingerprint density at radius 3 is 2.33 bits per heavy atom. The molecule has 0 atom stereocenters. The molecule has 1 saturated heterocycles. The number of hydrogen-bond donors (Lipinski definition) is 1. The lowest BCUT2D eigenvalue weighted by Gasteiger charge is -2.34. The fraction of sp³-hybridized carbons (Fsp3) is 0.250. The number of carbonyl (C=O) groups is 1. The molecule has 0 unspecified atom stereocenters. The highest BCUT2D eigenvalue weighted by Crippen LogP contribution is 2.20. The van der Waals surface area contributed by atoms with Crippen LogP contribution >= 0.6 is 0 Å². The van der Waals surface area contributed by atoms with Gasteiger partial charge in [0.1, 0.15) is 0 Å². The van der Waals surface area contributed by atoms with Gasteiger partial charge >= 0.3 is 0 Å². The van der Waals surface area contributed by atoms with Crippen molar-refractivity contribution in [2.75, 3.05) is 26.2 Å². The molecule has 1 aromatic heterocycles. The van der Waals surface area contributed by atoms with Crippen LogP contribution in [0.1, 0.15) is 5.56 Å². The predicted octanol–water partition coefficient (Wildman–Crippen LogP) is 2.24. The number of H-pyrrole nitrogens is 1. The Bertz CT molecular complexity index is 1050. The minimum absolute atomic E-state index is 0.0245. The Hall–Kier alpha value is -2.64. The van der Waals surface area contributed by atoms with Crippen LogP contribution in [0, 0.1) is 0 Å². The van der Waals surface area contributed by atoms with Gasteiger partial charge in [-0.2, -0.15) is 4.31 Å². The monoisotopic (exact) mass is 383 g/mol. The summed E-state index contributed by atoms with van der Waals surface area (Å²) in [5, 5.41) is 1.05. The molecule has 1 N–H and O–H groups in total. The van der Waals surface area contributed by atoms with Crippen LogP contribution in [-0.2, 0) is 21.2 Å². The Kier molecular flexibility index (Phi) is 4.72. The van der Waals surface area contributed by atoms with Gasteiger partial charge in [-0.15, -0.1) is 0 Å². The molecule has 1 amide bonds. The zero-order valence-electron chi connectivity index (χ0n) is 14.8. The zero-order chi connectivity index (χ0) is 18.9. The summed E-state index contributed by atoms with van der Waals surface area (Å²) in [7, 11) is -3.50. The molecule has 1 aliphatic rings. The summed E-state index contributed by atoms with van der Waals surface area (Å²) in [4.78, 5) is 17.9. The molecule has 7 heteroatoms. The number of nitrogens with zero attached hydrogens (tertiary/aromatic N) is 2. The van der Waals surface area contributed by atoms with Crippen molar-refractivity contribution in [3.63, 3.8) is 0 Å². The van der Waals surface area contributed by atoms with Gasteiger partial charge in [-0.05, 0) is 23.8 Å². The fourth-order valence-electron chi connectivity index (χ4n) is 3.47. The van der Waals surface area contributed by atoms with Gasteiger partial charge in [0, 0.05) is 43.3 Å². The van der Waals surface area contributed by atoms with Crippen LogP contribution in [0.15, 0.2) is 65.7 Å². The number of amides is 1. The average Bonchev–Trinajstić information content (AvgIpc) is 3.12. The van der Waals surface area contributed by atoms with Crippen molar-refractivity contribution in [3.05, 3.63) is 66.4 Å². The molecule has 0 radical (unpaired) electrons. The van der Waals surface area contributed by atoms with Gasteiger partial charge in [-0.25, -0.2) is 8.42 Å². The van der Waals surface area contributed by atoms with Crippen LogP contribution in [0.2, 0.25) is 0 Å². The van der Waals surface area contributed by atoms with Crippen LogP contribution in [0.5, 0.6) is 0 Å². The smallest absolute Gasteiger partial charge is 0.243 e. The van der Waals surface area contributed by atoms with Crippen LogP contribution in [0.4, 0.5) is 0 Å². The molecule has 4 rings (SSSR count). The third-order valence-corrected chi connectivity index (χ3v) is 6.90. The first-order valence-corrected chi connectivity index (χ1v) is 10.4. The van der Waals surface area contributed by atoms with E-state index in [1.54, 1.807) is 35.2 Å². The molecule has 0 saturated carbocycles. The lowest BCUT2D eigenvalue weighted by molar-refractivity contribution is -0.131. The topological polar surface area (TPSA) is 73.5 Å². The van der Waals surface area contributed by atoms with Gasteiger partial charge in [0.2, 0.25) is 15.9 Å². The number of benzene rings is 2. The number of hydrogen-bond acceptors (Lipinski definition) is 3. The molecular formula is C20H21N3O3S. The van der Waals surface area contributed by atoms with E-state index in [1.165, 1.54) is 4.31 Å². The lowest BCUT2D eigenvalue weighted by Crippen LogP contribution is -2.50. The molecule has 1 aliphatic heterocycles. The van der Waals surface area contributed by atoms with Crippen molar-refractivity contribution in [1.82, 2.24) is 14.2 Å². The summed E-state index contributed by atoms with van der Waals surface area (Å²) >= 11 is 0. The second-order valence-electron chi connectivity index (χ2n) is 6.63. The van der Waals surface area contributed by atoms with E-state index in [4.69, 9.17) is 0 Å². The molecule has 2 aromatic carbocycles. The molecule has 3 aromatic rings. The highest BCUT2D eigenvalue weighted by Gasteiger charge is 2.30. The maximum atomic E-state index is 12.7. The van der Waals surface area contributed by atoms with E-state index in [1.807, 2.05) is 30.5 Å². The van der Waals surface area contributed by atoms with Gasteiger partial charge in [0.15, 0.2) is 0 Å². The molecule has 0 aliphatic carbocycles. The van der Waals surface area contributed by atoms with Crippen molar-refractivity contribution in [2.45, 2.75) is 11.3 Å². The molecule has 6 nitrogen and oxygen atoms in total. The van der Waals surface area contributed by atoms with Gasteiger partial charge in [0.05, 0.1) is 11.3 Å². The normalized spacial score (nSPS) is 15.9. The van der Waals surface area contributed by atoms with E-state index in [2.05, 4.69) is 4.98 Å². The Morgan fingerprint density at radius 2 is 1.59 bits per heavy atom. The van der Waals surface area contributed by atoms with E-state index >= 15 is 0 Å². The minimum atomic E-state index is -3.50. The van der Waals surface area contributed by atoms with E-state index in [0.29, 0.717) is 37.5 Å². The number of fused-ring (bicyclic) bond motifs is 1. The lowest BCUT2D eigenvalue weighted by atomic mass is 10.1. The standard InChI is InChI=1S/C20H21N3O3S/c24-20(14-16-15-21-19-9-5-4-8-18(16)19)22-10-12-23(13-11-22)27(25,26)17-6-2-1-3-7-17/h1-9,15,21H,10-14H2. The SMILES string of the molecule is O=C(Cc1c[nH]c2ccccc12)N1CCN(S(=O)(=O)c2ccccc2)CC1. The number of aromatic amines is 1. The largest absolute Gasteiger partial charge is 0.361 e. The molecule has 140 valence electrons. The third-order valence-electron chi connectivity index (χ3n) is 4.99. The van der Waals surface area contributed by atoms with Crippen LogP contribution in [0.25, 0.3) is 10.9 Å². The van der Waals surface area contributed by atoms with Crippen molar-refractivity contribution in [2.24, 2.45) is 0 Å². The average molecular weight is 383 g/mol. The quantitative estimate of drug-likeness (QED) is 0.751. The Labute approximate surface area is 158 Å². The number of para-hydroxylation sites is 1. The van der Waals surface area contributed by atoms with E-state index in [0.717, 1.165) is 16.5 Å². The van der Waals surface area contributed by atoms with E-state index < -0.39 is 10.0 Å². The predicted molar refractivity (Wildman–Crippen MR) is 104 cm³/mol. The summed E-state index contributed by atoms with van der Waals surface area (Å²) in [6.07, 6.45) is 2.19. The highest BCUT2D eigenvalue weighted by atomic mass is 32.2. The molecule has 0 spiro atoms. The highest BCUT2D eigenvalue weighted by molar-refractivity contribution is 7.89. The van der Waals surface area contributed by atoms with Crippen molar-refractivity contribution < 1.29 is 13.2 Å². The zero-order valence-corrected chi connectivity index (χ0v) is 15.7. The summed E-state index contributed by atoms with van der Waals surface area (Å²) in [5.41, 5.74) is 1.98. The van der Waals surface area contributed by atoms with Crippen molar-refractivity contribution in [3.8, 4) is 0 Å². The molecule has 27 heavy (non-hydrogen) atoms. The summed E-state index contributed by atoms with van der Waals surface area (Å²) in [5.74, 6) is 0.0245. The van der Waals surface area contributed by atoms with Gasteiger partial charge in [-0.1, -0.05) is 36.4 Å². The first kappa shape index (κ1) is 17.8. The number of carbonyl (C=O) groups excluding carboxylic acids is 1. The maximum Gasteiger partial charge on any atom is 0.243 e. The van der Waals surface area contributed by atoms with Crippen LogP contribution in [0.3, 0.4) is 0 Å². The number of sulfonamides is 1. The first-order chi connectivity index (χ1) is 13.1. The minimum Gasteiger partial charge on any atom is -0.361 e. The van der Waals surface area contributed by atoms with E-state index in [9.17, 15) is 13.2 Å². The number of rotatable bonds is 4. The molecule has 1 fully saturated rings. The summed E-state index contributed by atoms with van der Waals surface area (Å²) in [6, 6.07) is 16.3. The summed E-state index contributed by atoms with van der Waals surface area (Å²) < 4.78 is 26.8. The Balaban J connectivity index is 1.41. The third kappa shape index (κ3) is 3.48. The second kappa shape index (κ2) is 7.17. The van der Waals surface area contributed by atoms with Gasteiger partial charge in [0.25, 0.3) is 0 Å². The molecular weight excluding hydrogens is 362 g/mol. The van der Waals surface area contributed by atoms with Crippen molar-refractivity contribution >= 4 is 26.8 Å². The van der Waals surface area contributed by atoms with Gasteiger partial charge < -0.3 is 9.88 Å². The fourth-order valence-corrected chi connectivity index (χ4v) is 4.92. The maximum absolute atomic E-state index is 12.7. The number of piperazine rings is 1. The summed E-state index contributed by atoms with van der Waals surface area (Å²) in [6.45, 7) is 1.45. The van der Waals surface area contributed by atoms with Crippen LogP contribution < -0.4 is 0 Å². The van der Waals surface area contributed by atoms with Crippen molar-refractivity contribution in [1.29, 1.82) is 0 Å². The van der Waals surface area contributed by atoms with E-state index in [-0.39, 0.29) is 5.91 Å². The molecule has 0 bridgehead atoms. The number of aromatic nitrogens is 1. The van der Waals surface area contributed by atoms with Gasteiger partial charge in [-0.3, -0.25) is 4.79 Å². The Morgan fingerprint density at radius 1 is 0.926 bits per heavy atom.